The lowest BCUT2D eigenvalue weighted by Crippen LogP contribution is -2.14. The minimum absolute atomic E-state index is 0.0230. The van der Waals surface area contributed by atoms with Crippen LogP contribution < -0.4 is 0 Å². The van der Waals surface area contributed by atoms with Gasteiger partial charge in [0.05, 0.1) is 16.9 Å². The van der Waals surface area contributed by atoms with Gasteiger partial charge in [-0.05, 0) is 35.7 Å². The van der Waals surface area contributed by atoms with Crippen LogP contribution in [-0.4, -0.2) is 29.3 Å². The molecule has 0 radical (unpaired) electrons. The monoisotopic (exact) mass is 368 g/mol. The van der Waals surface area contributed by atoms with E-state index in [1.54, 1.807) is 30.5 Å². The molecule has 0 amide bonds. The molecule has 3 aromatic rings. The molecule has 0 fully saturated rings. The van der Waals surface area contributed by atoms with Crippen LogP contribution in [0.15, 0.2) is 71.9 Å². The largest absolute Gasteiger partial charge is 0.481 e. The van der Waals surface area contributed by atoms with Crippen molar-refractivity contribution < 1.29 is 18.3 Å². The van der Waals surface area contributed by atoms with Crippen molar-refractivity contribution in [2.45, 2.75) is 22.6 Å². The quantitative estimate of drug-likeness (QED) is 0.765. The van der Waals surface area contributed by atoms with Crippen molar-refractivity contribution in [3.05, 3.63) is 78.0 Å². The minimum atomic E-state index is -3.80. The van der Waals surface area contributed by atoms with E-state index < -0.39 is 27.0 Å². The highest BCUT2D eigenvalue weighted by molar-refractivity contribution is 7.91. The first kappa shape index (κ1) is 16.5. The van der Waals surface area contributed by atoms with Crippen molar-refractivity contribution in [2.75, 3.05) is 0 Å². The molecule has 1 aliphatic rings. The number of sulfone groups is 1. The number of hydrogen-bond donors (Lipinski definition) is 1. The van der Waals surface area contributed by atoms with Gasteiger partial charge < -0.3 is 5.11 Å². The summed E-state index contributed by atoms with van der Waals surface area (Å²) in [4.78, 5) is 11.5. The Hall–Kier alpha value is -2.93. The maximum absolute atomic E-state index is 13.1. The van der Waals surface area contributed by atoms with E-state index in [-0.39, 0.29) is 11.4 Å². The second-order valence-electron chi connectivity index (χ2n) is 6.22. The Bertz CT molecular complexity index is 1070. The predicted molar refractivity (Wildman–Crippen MR) is 94.9 cm³/mol. The normalized spacial score (nSPS) is 19.2. The van der Waals surface area contributed by atoms with Crippen LogP contribution in [0, 0.1) is 0 Å². The van der Waals surface area contributed by atoms with E-state index in [0.29, 0.717) is 11.1 Å². The second-order valence-corrected chi connectivity index (χ2v) is 8.30. The SMILES string of the molecule is O=C(O)[C@@H]1CC(S(=O)(=O)c2ccn(-c3ccccc3)n2)c2ccccc21. The first-order valence-electron chi connectivity index (χ1n) is 8.15. The van der Waals surface area contributed by atoms with Crippen LogP contribution in [0.3, 0.4) is 0 Å². The zero-order valence-corrected chi connectivity index (χ0v) is 14.5. The molecular weight excluding hydrogens is 352 g/mol. The fraction of sp³-hybridized carbons (Fsp3) is 0.158. The maximum atomic E-state index is 13.1. The van der Waals surface area contributed by atoms with Crippen molar-refractivity contribution in [1.82, 2.24) is 9.78 Å². The Labute approximate surface area is 150 Å². The lowest BCUT2D eigenvalue weighted by Gasteiger charge is -2.11. The fourth-order valence-electron chi connectivity index (χ4n) is 3.45. The number of nitrogens with zero attached hydrogens (tertiary/aromatic N) is 2. The molecule has 7 heteroatoms. The van der Waals surface area contributed by atoms with Gasteiger partial charge in [0, 0.05) is 6.20 Å². The Balaban J connectivity index is 1.74. The Kier molecular flexibility index (Phi) is 3.88. The van der Waals surface area contributed by atoms with Crippen molar-refractivity contribution in [3.63, 3.8) is 0 Å². The van der Waals surface area contributed by atoms with E-state index >= 15 is 0 Å². The summed E-state index contributed by atoms with van der Waals surface area (Å²) in [5.74, 6) is -1.83. The predicted octanol–water partition coefficient (Wildman–Crippen LogP) is 2.96. The van der Waals surface area contributed by atoms with Crippen LogP contribution >= 0.6 is 0 Å². The van der Waals surface area contributed by atoms with Crippen LogP contribution in [-0.2, 0) is 14.6 Å². The van der Waals surface area contributed by atoms with E-state index in [1.807, 2.05) is 30.3 Å². The Morgan fingerprint density at radius 1 is 1.00 bits per heavy atom. The molecule has 1 unspecified atom stereocenters. The van der Waals surface area contributed by atoms with Crippen molar-refractivity contribution in [3.8, 4) is 5.69 Å². The molecule has 4 rings (SSSR count). The highest BCUT2D eigenvalue weighted by atomic mass is 32.2. The lowest BCUT2D eigenvalue weighted by atomic mass is 10.0. The highest BCUT2D eigenvalue weighted by Crippen LogP contribution is 2.46. The number of aromatic nitrogens is 2. The van der Waals surface area contributed by atoms with Gasteiger partial charge in [0.15, 0.2) is 5.03 Å². The zero-order chi connectivity index (χ0) is 18.3. The number of fused-ring (bicyclic) bond motifs is 1. The smallest absolute Gasteiger partial charge is 0.311 e. The Morgan fingerprint density at radius 2 is 1.65 bits per heavy atom. The number of hydrogen-bond acceptors (Lipinski definition) is 4. The number of carboxylic acids is 1. The first-order chi connectivity index (χ1) is 12.5. The third kappa shape index (κ3) is 2.61. The summed E-state index contributed by atoms with van der Waals surface area (Å²) in [5.41, 5.74) is 1.87. The van der Waals surface area contributed by atoms with Gasteiger partial charge in [-0.2, -0.15) is 5.10 Å². The fourth-order valence-corrected chi connectivity index (χ4v) is 5.18. The average Bonchev–Trinajstić information content (AvgIpc) is 3.28. The number of carbonyl (C=O) groups is 1. The molecule has 6 nitrogen and oxygen atoms in total. The molecule has 0 saturated heterocycles. The molecule has 132 valence electrons. The molecule has 0 spiro atoms. The van der Waals surface area contributed by atoms with Crippen LogP contribution in [0.1, 0.15) is 28.7 Å². The second kappa shape index (κ2) is 6.10. The number of aliphatic carboxylic acids is 1. The van der Waals surface area contributed by atoms with Crippen LogP contribution in [0.5, 0.6) is 0 Å². The molecule has 0 bridgehead atoms. The van der Waals surface area contributed by atoms with Crippen LogP contribution in [0.4, 0.5) is 0 Å². The van der Waals surface area contributed by atoms with E-state index in [2.05, 4.69) is 5.10 Å². The van der Waals surface area contributed by atoms with Gasteiger partial charge in [-0.25, -0.2) is 13.1 Å². The molecule has 2 atom stereocenters. The summed E-state index contributed by atoms with van der Waals surface area (Å²) in [6.45, 7) is 0. The highest BCUT2D eigenvalue weighted by Gasteiger charge is 2.43. The summed E-state index contributed by atoms with van der Waals surface area (Å²) in [6.07, 6.45) is 1.62. The number of para-hydroxylation sites is 1. The zero-order valence-electron chi connectivity index (χ0n) is 13.7. The molecule has 1 N–H and O–H groups in total. The third-order valence-electron chi connectivity index (χ3n) is 4.72. The third-order valence-corrected chi connectivity index (χ3v) is 6.71. The number of benzene rings is 2. The summed E-state index contributed by atoms with van der Waals surface area (Å²) in [6, 6.07) is 17.5. The summed E-state index contributed by atoms with van der Waals surface area (Å²) in [5, 5.41) is 12.7. The molecule has 0 saturated carbocycles. The summed E-state index contributed by atoms with van der Waals surface area (Å²) in [7, 11) is -3.80. The molecule has 1 heterocycles. The van der Waals surface area contributed by atoms with Gasteiger partial charge in [0.1, 0.15) is 0 Å². The number of rotatable bonds is 4. The van der Waals surface area contributed by atoms with Gasteiger partial charge in [-0.1, -0.05) is 42.5 Å². The molecular formula is C19H16N2O4S. The van der Waals surface area contributed by atoms with Crippen molar-refractivity contribution in [2.24, 2.45) is 0 Å². The molecule has 2 aromatic carbocycles. The van der Waals surface area contributed by atoms with E-state index in [9.17, 15) is 18.3 Å². The van der Waals surface area contributed by atoms with Gasteiger partial charge in [0.25, 0.3) is 0 Å². The summed E-state index contributed by atoms with van der Waals surface area (Å²) < 4.78 is 27.8. The lowest BCUT2D eigenvalue weighted by molar-refractivity contribution is -0.138. The molecule has 26 heavy (non-hydrogen) atoms. The van der Waals surface area contributed by atoms with Crippen LogP contribution in [0.2, 0.25) is 0 Å². The van der Waals surface area contributed by atoms with Crippen LogP contribution in [0.25, 0.3) is 5.69 Å². The van der Waals surface area contributed by atoms with Gasteiger partial charge in [0.2, 0.25) is 9.84 Å². The standard InChI is InChI=1S/C19H16N2O4S/c22-19(23)16-12-17(15-9-5-4-8-14(15)16)26(24,25)18-10-11-21(20-18)13-6-2-1-3-7-13/h1-11,16-17H,12H2,(H,22,23)/t16-,17?/m1/s1. The topological polar surface area (TPSA) is 89.3 Å². The molecule has 1 aromatic heterocycles. The first-order valence-corrected chi connectivity index (χ1v) is 9.70. The van der Waals surface area contributed by atoms with Crippen molar-refractivity contribution >= 4 is 15.8 Å². The van der Waals surface area contributed by atoms with Crippen molar-refractivity contribution in [1.29, 1.82) is 0 Å². The summed E-state index contributed by atoms with van der Waals surface area (Å²) >= 11 is 0. The minimum Gasteiger partial charge on any atom is -0.481 e. The maximum Gasteiger partial charge on any atom is 0.311 e. The Morgan fingerprint density at radius 3 is 2.35 bits per heavy atom. The average molecular weight is 368 g/mol. The van der Waals surface area contributed by atoms with Gasteiger partial charge >= 0.3 is 5.97 Å². The van der Waals surface area contributed by atoms with E-state index in [4.69, 9.17) is 0 Å². The molecule has 0 aliphatic heterocycles. The number of carboxylic acid groups (broad SMARTS) is 1. The van der Waals surface area contributed by atoms with E-state index in [1.165, 1.54) is 10.7 Å². The molecule has 1 aliphatic carbocycles. The van der Waals surface area contributed by atoms with E-state index in [0.717, 1.165) is 5.69 Å². The van der Waals surface area contributed by atoms with Gasteiger partial charge in [-0.15, -0.1) is 0 Å². The van der Waals surface area contributed by atoms with Gasteiger partial charge in [-0.3, -0.25) is 4.79 Å².